The minimum Gasteiger partial charge on any atom is -0.347 e. The maximum absolute atomic E-state index is 11.3. The highest BCUT2D eigenvalue weighted by Crippen LogP contribution is 2.00. The standard InChI is InChI=1S/C8H12N4O/c13-8-5-9-3-4-12(8)6-7-10-1-2-11-7/h1-2,9H,3-6H2,(H,10,11). The number of hydrogen-bond donors (Lipinski definition) is 2. The highest BCUT2D eigenvalue weighted by molar-refractivity contribution is 5.78. The van der Waals surface area contributed by atoms with E-state index < -0.39 is 0 Å². The lowest BCUT2D eigenvalue weighted by Gasteiger charge is -2.26. The predicted octanol–water partition coefficient (Wildman–Crippen LogP) is -0.659. The van der Waals surface area contributed by atoms with Crippen LogP contribution >= 0.6 is 0 Å². The molecule has 2 heterocycles. The zero-order chi connectivity index (χ0) is 9.10. The van der Waals surface area contributed by atoms with Crippen LogP contribution in [0.25, 0.3) is 0 Å². The molecule has 1 amide bonds. The van der Waals surface area contributed by atoms with Crippen molar-refractivity contribution in [3.05, 3.63) is 18.2 Å². The average Bonchev–Trinajstić information content (AvgIpc) is 2.61. The maximum atomic E-state index is 11.3. The zero-order valence-electron chi connectivity index (χ0n) is 7.29. The SMILES string of the molecule is O=C1CNCCN1Cc1ncc[nH]1. The third kappa shape index (κ3) is 1.86. The van der Waals surface area contributed by atoms with Crippen molar-refractivity contribution in [3.63, 3.8) is 0 Å². The van der Waals surface area contributed by atoms with Crippen LogP contribution in [0, 0.1) is 0 Å². The lowest BCUT2D eigenvalue weighted by atomic mass is 10.3. The molecule has 70 valence electrons. The summed E-state index contributed by atoms with van der Waals surface area (Å²) >= 11 is 0. The van der Waals surface area contributed by atoms with Crippen LogP contribution in [0.4, 0.5) is 0 Å². The van der Waals surface area contributed by atoms with Gasteiger partial charge >= 0.3 is 0 Å². The number of aromatic amines is 1. The van der Waals surface area contributed by atoms with E-state index in [1.807, 2.05) is 0 Å². The fraction of sp³-hybridized carbons (Fsp3) is 0.500. The van der Waals surface area contributed by atoms with Crippen LogP contribution in [-0.4, -0.2) is 40.4 Å². The molecule has 0 aliphatic carbocycles. The number of carbonyl (C=O) groups is 1. The van der Waals surface area contributed by atoms with Gasteiger partial charge in [-0.25, -0.2) is 4.98 Å². The van der Waals surface area contributed by atoms with Gasteiger partial charge in [-0.1, -0.05) is 0 Å². The van der Waals surface area contributed by atoms with Crippen LogP contribution in [0.15, 0.2) is 12.4 Å². The molecule has 1 saturated heterocycles. The monoisotopic (exact) mass is 180 g/mol. The number of piperazine rings is 1. The molecule has 1 aromatic rings. The molecule has 0 aromatic carbocycles. The van der Waals surface area contributed by atoms with Gasteiger partial charge in [0, 0.05) is 25.5 Å². The molecule has 0 atom stereocenters. The van der Waals surface area contributed by atoms with E-state index in [2.05, 4.69) is 15.3 Å². The van der Waals surface area contributed by atoms with Gasteiger partial charge in [-0.2, -0.15) is 0 Å². The molecular weight excluding hydrogens is 168 g/mol. The van der Waals surface area contributed by atoms with Gasteiger partial charge in [0.15, 0.2) is 0 Å². The van der Waals surface area contributed by atoms with Crippen LogP contribution in [0.3, 0.4) is 0 Å². The summed E-state index contributed by atoms with van der Waals surface area (Å²) in [7, 11) is 0. The Morgan fingerprint density at radius 1 is 1.62 bits per heavy atom. The van der Waals surface area contributed by atoms with Crippen molar-refractivity contribution in [2.75, 3.05) is 19.6 Å². The maximum Gasteiger partial charge on any atom is 0.236 e. The minimum atomic E-state index is 0.141. The van der Waals surface area contributed by atoms with Crippen LogP contribution in [0.1, 0.15) is 5.82 Å². The third-order valence-electron chi connectivity index (χ3n) is 2.08. The van der Waals surface area contributed by atoms with Gasteiger partial charge in [0.25, 0.3) is 0 Å². The lowest BCUT2D eigenvalue weighted by molar-refractivity contribution is -0.132. The zero-order valence-corrected chi connectivity index (χ0v) is 7.29. The number of nitrogens with one attached hydrogen (secondary N) is 2. The van der Waals surface area contributed by atoms with Gasteiger partial charge in [-0.05, 0) is 0 Å². The summed E-state index contributed by atoms with van der Waals surface area (Å²) in [5.41, 5.74) is 0. The number of imidazole rings is 1. The van der Waals surface area contributed by atoms with Gasteiger partial charge < -0.3 is 15.2 Å². The molecule has 2 N–H and O–H groups in total. The number of H-pyrrole nitrogens is 1. The minimum absolute atomic E-state index is 0.141. The second-order valence-electron chi connectivity index (χ2n) is 3.03. The molecule has 2 rings (SSSR count). The van der Waals surface area contributed by atoms with Gasteiger partial charge in [-0.3, -0.25) is 4.79 Å². The smallest absolute Gasteiger partial charge is 0.236 e. The topological polar surface area (TPSA) is 61.0 Å². The predicted molar refractivity (Wildman–Crippen MR) is 46.9 cm³/mol. The van der Waals surface area contributed by atoms with Crippen LogP contribution in [0.5, 0.6) is 0 Å². The Hall–Kier alpha value is -1.36. The van der Waals surface area contributed by atoms with E-state index in [0.29, 0.717) is 13.1 Å². The first-order chi connectivity index (χ1) is 6.36. The molecule has 1 aliphatic rings. The molecule has 13 heavy (non-hydrogen) atoms. The first-order valence-corrected chi connectivity index (χ1v) is 4.33. The van der Waals surface area contributed by atoms with E-state index in [9.17, 15) is 4.79 Å². The molecule has 5 nitrogen and oxygen atoms in total. The van der Waals surface area contributed by atoms with Crippen molar-refractivity contribution >= 4 is 5.91 Å². The van der Waals surface area contributed by atoms with Gasteiger partial charge in [0.05, 0.1) is 13.1 Å². The summed E-state index contributed by atoms with van der Waals surface area (Å²) < 4.78 is 0. The molecule has 5 heteroatoms. The third-order valence-corrected chi connectivity index (χ3v) is 2.08. The molecule has 1 fully saturated rings. The molecular formula is C8H12N4O. The number of rotatable bonds is 2. The second-order valence-corrected chi connectivity index (χ2v) is 3.03. The van der Waals surface area contributed by atoms with E-state index in [4.69, 9.17) is 0 Å². The lowest BCUT2D eigenvalue weighted by Crippen LogP contribution is -2.47. The number of hydrogen-bond acceptors (Lipinski definition) is 3. The van der Waals surface area contributed by atoms with Crippen LogP contribution < -0.4 is 5.32 Å². The van der Waals surface area contributed by atoms with Crippen molar-refractivity contribution in [2.24, 2.45) is 0 Å². The summed E-state index contributed by atoms with van der Waals surface area (Å²) in [6.45, 7) is 2.67. The van der Waals surface area contributed by atoms with Crippen molar-refractivity contribution in [1.82, 2.24) is 20.2 Å². The first kappa shape index (κ1) is 8.25. The summed E-state index contributed by atoms with van der Waals surface area (Å²) in [6, 6.07) is 0. The van der Waals surface area contributed by atoms with Crippen molar-refractivity contribution in [2.45, 2.75) is 6.54 Å². The fourth-order valence-electron chi connectivity index (χ4n) is 1.38. The summed E-state index contributed by atoms with van der Waals surface area (Å²) in [5, 5.41) is 3.02. The fourth-order valence-corrected chi connectivity index (χ4v) is 1.38. The highest BCUT2D eigenvalue weighted by Gasteiger charge is 2.17. The van der Waals surface area contributed by atoms with Gasteiger partial charge in [0.2, 0.25) is 5.91 Å². The summed E-state index contributed by atoms with van der Waals surface area (Å²) in [6.07, 6.45) is 3.46. The molecule has 0 spiro atoms. The molecule has 0 saturated carbocycles. The Bertz CT molecular complexity index is 282. The molecule has 1 aromatic heterocycles. The molecule has 0 bridgehead atoms. The van der Waals surface area contributed by atoms with Crippen LogP contribution in [-0.2, 0) is 11.3 Å². The molecule has 1 aliphatic heterocycles. The first-order valence-electron chi connectivity index (χ1n) is 4.33. The number of aromatic nitrogens is 2. The Kier molecular flexibility index (Phi) is 2.27. The quantitative estimate of drug-likeness (QED) is 0.635. The molecule has 0 unspecified atom stereocenters. The Morgan fingerprint density at radius 2 is 2.54 bits per heavy atom. The average molecular weight is 180 g/mol. The van der Waals surface area contributed by atoms with E-state index in [1.165, 1.54) is 0 Å². The van der Waals surface area contributed by atoms with E-state index in [-0.39, 0.29) is 5.91 Å². The number of nitrogens with zero attached hydrogens (tertiary/aromatic N) is 2. The number of carbonyl (C=O) groups excluding carboxylic acids is 1. The van der Waals surface area contributed by atoms with Crippen molar-refractivity contribution in [3.8, 4) is 0 Å². The van der Waals surface area contributed by atoms with Crippen molar-refractivity contribution < 1.29 is 4.79 Å². The van der Waals surface area contributed by atoms with Crippen LogP contribution in [0.2, 0.25) is 0 Å². The van der Waals surface area contributed by atoms with Gasteiger partial charge in [-0.15, -0.1) is 0 Å². The Morgan fingerprint density at radius 3 is 3.23 bits per heavy atom. The van der Waals surface area contributed by atoms with Gasteiger partial charge in [0.1, 0.15) is 5.82 Å². The van der Waals surface area contributed by atoms with E-state index in [0.717, 1.165) is 18.9 Å². The summed E-state index contributed by atoms with van der Waals surface area (Å²) in [4.78, 5) is 20.2. The highest BCUT2D eigenvalue weighted by atomic mass is 16.2. The Labute approximate surface area is 76.2 Å². The Balaban J connectivity index is 1.97. The van der Waals surface area contributed by atoms with E-state index >= 15 is 0 Å². The van der Waals surface area contributed by atoms with Crippen molar-refractivity contribution in [1.29, 1.82) is 0 Å². The second kappa shape index (κ2) is 3.57. The largest absolute Gasteiger partial charge is 0.347 e. The van der Waals surface area contributed by atoms with E-state index in [1.54, 1.807) is 17.3 Å². The summed E-state index contributed by atoms with van der Waals surface area (Å²) in [5.74, 6) is 0.984. The normalized spacial score (nSPS) is 17.8. The molecule has 0 radical (unpaired) electrons. The number of amides is 1.